The van der Waals surface area contributed by atoms with Crippen molar-refractivity contribution < 1.29 is 64.9 Å². The van der Waals surface area contributed by atoms with Crippen molar-refractivity contribution in [3.63, 3.8) is 0 Å². The number of carbonyl (C=O) groups is 4. The van der Waals surface area contributed by atoms with Gasteiger partial charge in [0.05, 0.1) is 54.7 Å². The molecule has 0 amide bonds. The zero-order valence-electron chi connectivity index (χ0n) is 69.2. The number of anilines is 3. The minimum Gasteiger partial charge on any atom is -0.711 e. The SMILES string of the molecule is CC(=O)CC(CCCCCC(O)c1ccc2c(n1)NCCC2)c1cnc(C)[n+]([O-])c1.Cc1ncc(C(CCCCCC(O)C2=CC=C3CCCN=C3N2O)CC(=O)O)cn1.Cc1ncc(C(CCCCCC(O)c2ccc3c(n2)NCCC3)CC(=O)O)cn1.Cc1ncc(C(CCCCCCc2ccc3c(n2)NC(O)CC3)CC(=O)O)cn1. The molecule has 0 spiro atoms. The predicted octanol–water partition coefficient (Wildman–Crippen LogP) is 14.3. The fourth-order valence-corrected chi connectivity index (χ4v) is 15.5. The van der Waals surface area contributed by atoms with Crippen molar-refractivity contribution in [3.8, 4) is 0 Å². The van der Waals surface area contributed by atoms with Gasteiger partial charge in [-0.3, -0.25) is 24.6 Å². The molecule has 0 aliphatic carbocycles. The number of unbranched alkanes of at least 4 members (excludes halogenated alkanes) is 9. The summed E-state index contributed by atoms with van der Waals surface area (Å²) in [5.74, 6) is 3.10. The Kier molecular flexibility index (Phi) is 37.3. The highest BCUT2D eigenvalue weighted by atomic mass is 16.5. The zero-order valence-corrected chi connectivity index (χ0v) is 69.2. The second-order valence-corrected chi connectivity index (χ2v) is 31.8. The number of allylic oxidation sites excluding steroid dienone is 2. The van der Waals surface area contributed by atoms with E-state index in [1.807, 2.05) is 32.1 Å². The Bertz CT molecular complexity index is 4440. The molecular weight excluding hydrogens is 1500 g/mol. The standard InChI is InChI=1S/C23H32N4O3.C22H30N4O4.2C22H30N4O3/c1-16(28)13-19(20-14-25-17(2)27(30)15-20)7-4-3-5-9-22(29)21-11-10-18-8-6-12-24-23(18)26-21;1-15-24-13-18(14-25-15)17(12-21(28)29)6-3-2-4-8-20(27)19-10-9-16-7-5-11-23-22(16)26(19)30;1-15-24-13-18(14-25-15)17(12-21(28)29)6-3-2-4-8-20(27)19-10-9-16-7-5-11-23-22(16)26-19;1-15-23-13-18(14-24-15)17(12-21(28)29)6-4-2-3-5-7-19-10-8-16-9-11-20(27)26-22(16)25-19/h10-11,14-15,19,22,29H,3-9,12-13H2,1-2H3,(H,24,26);9-10,13-14,17,20,27,30H,2-8,11-12H2,1H3,(H,28,29);9-10,13-14,17,20,27H,2-8,11-12H2,1H3,(H,23,26)(H,28,29);8,10,13-14,17,20,27H,2-7,9,11-12H2,1H3,(H,25,26)(H,28,29). The summed E-state index contributed by atoms with van der Waals surface area (Å²) in [4.78, 5) is 92.7. The van der Waals surface area contributed by atoms with Crippen LogP contribution in [0.3, 0.4) is 0 Å². The first-order chi connectivity index (χ1) is 56.9. The minimum atomic E-state index is -0.832. The van der Waals surface area contributed by atoms with Crippen molar-refractivity contribution in [2.75, 3.05) is 35.6 Å². The lowest BCUT2D eigenvalue weighted by Gasteiger charge is -2.31. The number of nitrogens with zero attached hydrogens (tertiary/aromatic N) is 13. The molecule has 29 nitrogen and oxygen atoms in total. The molecule has 5 aliphatic rings. The van der Waals surface area contributed by atoms with Crippen molar-refractivity contribution in [1.29, 1.82) is 0 Å². The summed E-state index contributed by atoms with van der Waals surface area (Å²) in [7, 11) is 0. The number of pyridine rings is 3. The Morgan fingerprint density at radius 1 is 0.492 bits per heavy atom. The van der Waals surface area contributed by atoms with Gasteiger partial charge < -0.3 is 61.7 Å². The third kappa shape index (κ3) is 30.3. The summed E-state index contributed by atoms with van der Waals surface area (Å²) in [5, 5.41) is 102. The lowest BCUT2D eigenvalue weighted by Crippen LogP contribution is -2.37. The average Bonchev–Trinajstić information content (AvgIpc) is 0.804. The van der Waals surface area contributed by atoms with E-state index in [9.17, 15) is 65.3 Å². The summed E-state index contributed by atoms with van der Waals surface area (Å²) in [5.41, 5.74) is 11.0. The maximum Gasteiger partial charge on any atom is 0.303 e. The number of ketones is 1. The van der Waals surface area contributed by atoms with Crippen molar-refractivity contribution >= 4 is 47.0 Å². The Morgan fingerprint density at radius 3 is 1.38 bits per heavy atom. The topological polar surface area (TPSA) is 438 Å². The normalized spacial score (nSPS) is 16.3. The number of nitrogens with one attached hydrogen (secondary N) is 3. The predicted molar refractivity (Wildman–Crippen MR) is 449 cm³/mol. The highest BCUT2D eigenvalue weighted by molar-refractivity contribution is 6.00. The van der Waals surface area contributed by atoms with Crippen LogP contribution in [0.15, 0.2) is 114 Å². The van der Waals surface area contributed by atoms with Crippen LogP contribution >= 0.6 is 0 Å². The number of fused-ring (bicyclic) bond motifs is 4. The lowest BCUT2D eigenvalue weighted by atomic mass is 9.90. The Balaban J connectivity index is 0.000000179. The van der Waals surface area contributed by atoms with E-state index in [-0.39, 0.29) is 48.7 Å². The number of aryl methyl sites for hydroxylation is 8. The minimum absolute atomic E-state index is 0.00844. The van der Waals surface area contributed by atoms with Crippen LogP contribution < -0.4 is 20.7 Å². The molecule has 5 aliphatic heterocycles. The smallest absolute Gasteiger partial charge is 0.303 e. The molecule has 7 aromatic heterocycles. The number of amidine groups is 1. The fraction of sp³-hybridized carbons (Fsp3) is 0.551. The Hall–Kier alpha value is -10.2. The van der Waals surface area contributed by atoms with Crippen LogP contribution in [0, 0.1) is 32.9 Å². The van der Waals surface area contributed by atoms with Gasteiger partial charge in [0.1, 0.15) is 59.3 Å². The number of aliphatic imine (C=N–C) groups is 1. The summed E-state index contributed by atoms with van der Waals surface area (Å²) >= 11 is 0. The van der Waals surface area contributed by atoms with Crippen LogP contribution in [0.25, 0.3) is 0 Å². The quantitative estimate of drug-likeness (QED) is 0.00965. The second-order valence-electron chi connectivity index (χ2n) is 31.8. The fourth-order valence-electron chi connectivity index (χ4n) is 15.5. The monoisotopic (exact) mass is 1620 g/mol. The molecule has 0 aromatic carbocycles. The molecule has 29 heteroatoms. The maximum atomic E-state index is 11.8. The number of hydroxylamine groups is 2. The molecule has 0 saturated heterocycles. The van der Waals surface area contributed by atoms with Crippen LogP contribution in [-0.2, 0) is 44.9 Å². The van der Waals surface area contributed by atoms with Gasteiger partial charge in [0, 0.05) is 81.4 Å². The molecule has 118 heavy (non-hydrogen) atoms. The molecule has 0 fully saturated rings. The third-order valence-electron chi connectivity index (χ3n) is 22.3. The second kappa shape index (κ2) is 48.0. The van der Waals surface area contributed by atoms with Crippen LogP contribution in [0.2, 0.25) is 0 Å². The number of hydrogen-bond donors (Lipinski definition) is 11. The molecule has 7 aromatic rings. The van der Waals surface area contributed by atoms with Crippen molar-refractivity contribution in [2.24, 2.45) is 4.99 Å². The largest absolute Gasteiger partial charge is 0.711 e. The first kappa shape index (κ1) is 91.7. The third-order valence-corrected chi connectivity index (χ3v) is 22.3. The van der Waals surface area contributed by atoms with Crippen LogP contribution in [-0.4, -0.2) is 157 Å². The summed E-state index contributed by atoms with van der Waals surface area (Å²) in [6.45, 7) is 11.2. The Morgan fingerprint density at radius 2 is 0.915 bits per heavy atom. The lowest BCUT2D eigenvalue weighted by molar-refractivity contribution is -0.616. The number of hydrogen-bond acceptors (Lipinski definition) is 25. The molecule has 636 valence electrons. The highest BCUT2D eigenvalue weighted by Crippen LogP contribution is 2.34. The first-order valence-corrected chi connectivity index (χ1v) is 42.4. The van der Waals surface area contributed by atoms with E-state index in [0.29, 0.717) is 67.1 Å². The van der Waals surface area contributed by atoms with E-state index in [4.69, 9.17) is 0 Å². The van der Waals surface area contributed by atoms with Crippen molar-refractivity contribution in [1.82, 2.24) is 54.9 Å². The van der Waals surface area contributed by atoms with E-state index >= 15 is 0 Å². The number of carboxylic acid groups (broad SMARTS) is 3. The van der Waals surface area contributed by atoms with E-state index in [0.717, 1.165) is 252 Å². The molecule has 12 heterocycles. The highest BCUT2D eigenvalue weighted by Gasteiger charge is 2.29. The molecule has 8 atom stereocenters. The summed E-state index contributed by atoms with van der Waals surface area (Å²) < 4.78 is 0.763. The van der Waals surface area contributed by atoms with Crippen LogP contribution in [0.4, 0.5) is 17.5 Å². The van der Waals surface area contributed by atoms with Gasteiger partial charge in [0.25, 0.3) is 5.82 Å². The van der Waals surface area contributed by atoms with Gasteiger partial charge in [0.2, 0.25) is 0 Å². The number of carbonyl (C=O) groups excluding carboxylic acids is 1. The van der Waals surface area contributed by atoms with Gasteiger partial charge in [-0.15, -0.1) is 0 Å². The van der Waals surface area contributed by atoms with Gasteiger partial charge in [0.15, 0.2) is 5.84 Å². The van der Waals surface area contributed by atoms with E-state index in [2.05, 4.69) is 95.0 Å². The summed E-state index contributed by atoms with van der Waals surface area (Å²) in [6.07, 6.45) is 41.4. The van der Waals surface area contributed by atoms with Gasteiger partial charge >= 0.3 is 17.9 Å². The molecule has 0 bridgehead atoms. The van der Waals surface area contributed by atoms with E-state index in [1.165, 1.54) is 22.9 Å². The van der Waals surface area contributed by atoms with Crippen LogP contribution in [0.5, 0.6) is 0 Å². The molecular formula is C89H122N16O13. The maximum absolute atomic E-state index is 11.8. The number of rotatable bonds is 40. The summed E-state index contributed by atoms with van der Waals surface area (Å²) in [6, 6.07) is 12.2. The zero-order chi connectivity index (χ0) is 84.3. The molecule has 12 rings (SSSR count). The number of aliphatic carboxylic acids is 3. The van der Waals surface area contributed by atoms with Gasteiger partial charge in [-0.05, 0) is 224 Å². The number of carboxylic acids is 3. The number of aliphatic hydroxyl groups is 4. The van der Waals surface area contributed by atoms with Gasteiger partial charge in [-0.1, -0.05) is 106 Å². The van der Waals surface area contributed by atoms with Gasteiger partial charge in [-0.25, -0.2) is 54.6 Å². The van der Waals surface area contributed by atoms with E-state index in [1.54, 1.807) is 70.2 Å². The molecule has 0 radical (unpaired) electrons. The number of aromatic nitrogens is 11. The van der Waals surface area contributed by atoms with Crippen molar-refractivity contribution in [3.05, 3.63) is 194 Å². The first-order valence-electron chi connectivity index (χ1n) is 42.4. The van der Waals surface area contributed by atoms with E-state index < -0.39 is 42.4 Å². The Labute approximate surface area is 692 Å². The van der Waals surface area contributed by atoms with Crippen LogP contribution in [0.1, 0.15) is 308 Å². The van der Waals surface area contributed by atoms with Crippen molar-refractivity contribution in [2.45, 2.75) is 295 Å². The number of Topliss-reactive ketones (excluding diaryl/α,β-unsaturated/α-hetero) is 1. The van der Waals surface area contributed by atoms with Gasteiger partial charge in [-0.2, -0.15) is 0 Å². The molecule has 0 saturated carbocycles. The molecule has 8 unspecified atom stereocenters. The number of aliphatic hydroxyl groups excluding tert-OH is 4. The molecule has 11 N–H and O–H groups in total. The average molecular weight is 1620 g/mol.